The minimum Gasteiger partial charge on any atom is -0.495 e. The van der Waals surface area contributed by atoms with Gasteiger partial charge in [0.25, 0.3) is 0 Å². The molecular formula is C14H22FN3O2. The van der Waals surface area contributed by atoms with Crippen molar-refractivity contribution < 1.29 is 13.9 Å². The summed E-state index contributed by atoms with van der Waals surface area (Å²) >= 11 is 0. The topological polar surface area (TPSA) is 76.4 Å². The van der Waals surface area contributed by atoms with E-state index in [1.54, 1.807) is 0 Å². The number of carbonyl (C=O) groups excluding carboxylic acids is 1. The van der Waals surface area contributed by atoms with Crippen molar-refractivity contribution in [3.63, 3.8) is 0 Å². The molecule has 6 heteroatoms. The molecule has 0 saturated heterocycles. The highest BCUT2D eigenvalue weighted by atomic mass is 19.1. The summed E-state index contributed by atoms with van der Waals surface area (Å²) in [7, 11) is 1.47. The number of benzene rings is 1. The van der Waals surface area contributed by atoms with Crippen LogP contribution in [0, 0.1) is 11.7 Å². The molecule has 1 amide bonds. The van der Waals surface area contributed by atoms with E-state index in [-0.39, 0.29) is 23.7 Å². The van der Waals surface area contributed by atoms with Gasteiger partial charge in [0.15, 0.2) is 0 Å². The van der Waals surface area contributed by atoms with Gasteiger partial charge >= 0.3 is 0 Å². The molecule has 0 aliphatic rings. The summed E-state index contributed by atoms with van der Waals surface area (Å²) in [5, 5.41) is 5.66. The Morgan fingerprint density at radius 3 is 2.75 bits per heavy atom. The third-order valence-corrected chi connectivity index (χ3v) is 2.69. The lowest BCUT2D eigenvalue weighted by atomic mass is 10.2. The minimum atomic E-state index is -0.467. The van der Waals surface area contributed by atoms with Crippen molar-refractivity contribution in [3.05, 3.63) is 17.9 Å². The second-order valence-corrected chi connectivity index (χ2v) is 4.95. The summed E-state index contributed by atoms with van der Waals surface area (Å²) in [5.74, 6) is 0.281. The average Bonchev–Trinajstić information content (AvgIpc) is 2.39. The lowest BCUT2D eigenvalue weighted by molar-refractivity contribution is -0.120. The number of hydrogen-bond donors (Lipinski definition) is 3. The van der Waals surface area contributed by atoms with Crippen LogP contribution >= 0.6 is 0 Å². The molecule has 1 rings (SSSR count). The predicted octanol–water partition coefficient (Wildman–Crippen LogP) is 1.99. The summed E-state index contributed by atoms with van der Waals surface area (Å²) in [5.41, 5.74) is 6.10. The van der Waals surface area contributed by atoms with Gasteiger partial charge in [0, 0.05) is 31.6 Å². The number of halogens is 1. The zero-order valence-electron chi connectivity index (χ0n) is 12.1. The Morgan fingerprint density at radius 2 is 2.15 bits per heavy atom. The lowest BCUT2D eigenvalue weighted by Gasteiger charge is -2.12. The second kappa shape index (κ2) is 7.57. The highest BCUT2D eigenvalue weighted by Crippen LogP contribution is 2.28. The fourth-order valence-electron chi connectivity index (χ4n) is 1.60. The molecule has 0 aliphatic carbocycles. The number of hydrogen-bond acceptors (Lipinski definition) is 4. The van der Waals surface area contributed by atoms with Gasteiger partial charge in [-0.3, -0.25) is 4.79 Å². The normalized spacial score (nSPS) is 10.4. The van der Waals surface area contributed by atoms with E-state index in [4.69, 9.17) is 10.5 Å². The van der Waals surface area contributed by atoms with Gasteiger partial charge in [0.1, 0.15) is 11.6 Å². The molecule has 0 saturated carbocycles. The maximum atomic E-state index is 13.6. The number of anilines is 2. The molecule has 20 heavy (non-hydrogen) atoms. The molecule has 0 atom stereocenters. The Kier molecular flexibility index (Phi) is 6.09. The van der Waals surface area contributed by atoms with E-state index in [0.29, 0.717) is 24.8 Å². The highest BCUT2D eigenvalue weighted by molar-refractivity contribution is 5.76. The smallest absolute Gasteiger partial charge is 0.221 e. The lowest BCUT2D eigenvalue weighted by Crippen LogP contribution is -2.28. The van der Waals surface area contributed by atoms with E-state index in [2.05, 4.69) is 10.6 Å². The zero-order valence-corrected chi connectivity index (χ0v) is 12.1. The molecule has 5 nitrogen and oxygen atoms in total. The number of rotatable bonds is 7. The van der Waals surface area contributed by atoms with E-state index >= 15 is 0 Å². The van der Waals surface area contributed by atoms with E-state index in [1.807, 2.05) is 13.8 Å². The summed E-state index contributed by atoms with van der Waals surface area (Å²) in [6.07, 6.45) is 0.277. The number of carbonyl (C=O) groups is 1. The molecule has 0 heterocycles. The van der Waals surface area contributed by atoms with Gasteiger partial charge in [-0.2, -0.15) is 0 Å². The molecule has 1 aromatic rings. The molecule has 4 N–H and O–H groups in total. The molecule has 0 aliphatic heterocycles. The maximum absolute atomic E-state index is 13.6. The number of nitrogens with two attached hydrogens (primary N) is 1. The number of ether oxygens (including phenoxy) is 1. The van der Waals surface area contributed by atoms with Gasteiger partial charge in [-0.1, -0.05) is 13.8 Å². The minimum absolute atomic E-state index is 0.0611. The molecule has 1 aromatic carbocycles. The van der Waals surface area contributed by atoms with Crippen LogP contribution in [0.4, 0.5) is 15.8 Å². The first kappa shape index (κ1) is 16.1. The van der Waals surface area contributed by atoms with Gasteiger partial charge in [0.05, 0.1) is 18.5 Å². The summed E-state index contributed by atoms with van der Waals surface area (Å²) in [6.45, 7) is 5.03. The molecule has 0 spiro atoms. The van der Waals surface area contributed by atoms with Crippen LogP contribution in [0.5, 0.6) is 5.75 Å². The Balaban J connectivity index is 2.48. The first-order valence-corrected chi connectivity index (χ1v) is 6.57. The quantitative estimate of drug-likeness (QED) is 0.669. The number of amides is 1. The van der Waals surface area contributed by atoms with Gasteiger partial charge in [-0.05, 0) is 5.92 Å². The third-order valence-electron chi connectivity index (χ3n) is 2.69. The monoisotopic (exact) mass is 283 g/mol. The van der Waals surface area contributed by atoms with E-state index in [9.17, 15) is 9.18 Å². The molecule has 0 fully saturated rings. The molecule has 0 aromatic heterocycles. The molecule has 112 valence electrons. The van der Waals surface area contributed by atoms with Gasteiger partial charge in [-0.25, -0.2) is 4.39 Å². The largest absolute Gasteiger partial charge is 0.495 e. The van der Waals surface area contributed by atoms with Crippen molar-refractivity contribution in [1.29, 1.82) is 0 Å². The first-order valence-electron chi connectivity index (χ1n) is 6.57. The Morgan fingerprint density at radius 1 is 1.45 bits per heavy atom. The van der Waals surface area contributed by atoms with Crippen LogP contribution in [0.1, 0.15) is 20.3 Å². The maximum Gasteiger partial charge on any atom is 0.221 e. The molecule has 0 bridgehead atoms. The average molecular weight is 283 g/mol. The number of nitrogen functional groups attached to an aromatic ring is 1. The standard InChI is InChI=1S/C14H22FN3O2/c1-9(2)8-18-14(19)4-5-17-12-7-13(20-3)11(16)6-10(12)15/h6-7,9,17H,4-5,8,16H2,1-3H3,(H,18,19). The SMILES string of the molecule is COc1cc(NCCC(=O)NCC(C)C)c(F)cc1N. The van der Waals surface area contributed by atoms with Crippen molar-refractivity contribution in [2.24, 2.45) is 5.92 Å². The summed E-state index contributed by atoms with van der Waals surface area (Å²) in [6, 6.07) is 2.68. The van der Waals surface area contributed by atoms with Crippen LogP contribution in [0.15, 0.2) is 12.1 Å². The van der Waals surface area contributed by atoms with E-state index < -0.39 is 5.82 Å². The fourth-order valence-corrected chi connectivity index (χ4v) is 1.60. The van der Waals surface area contributed by atoms with Crippen LogP contribution in [0.25, 0.3) is 0 Å². The number of nitrogens with one attached hydrogen (secondary N) is 2. The fraction of sp³-hybridized carbons (Fsp3) is 0.500. The summed E-state index contributed by atoms with van der Waals surface area (Å²) < 4.78 is 18.7. The zero-order chi connectivity index (χ0) is 15.1. The highest BCUT2D eigenvalue weighted by Gasteiger charge is 2.09. The first-order chi connectivity index (χ1) is 9.43. The molecular weight excluding hydrogens is 261 g/mol. The van der Waals surface area contributed by atoms with Crippen LogP contribution in [0.3, 0.4) is 0 Å². The van der Waals surface area contributed by atoms with Crippen LogP contribution in [-0.2, 0) is 4.79 Å². The second-order valence-electron chi connectivity index (χ2n) is 4.95. The molecule has 0 unspecified atom stereocenters. The van der Waals surface area contributed by atoms with Crippen LogP contribution in [-0.4, -0.2) is 26.1 Å². The third kappa shape index (κ3) is 4.95. The van der Waals surface area contributed by atoms with E-state index in [0.717, 1.165) is 0 Å². The van der Waals surface area contributed by atoms with Gasteiger partial charge in [0.2, 0.25) is 5.91 Å². The Hall–Kier alpha value is -1.98. The van der Waals surface area contributed by atoms with Crippen molar-refractivity contribution in [2.45, 2.75) is 20.3 Å². The van der Waals surface area contributed by atoms with Crippen LogP contribution < -0.4 is 21.1 Å². The van der Waals surface area contributed by atoms with Gasteiger partial charge < -0.3 is 21.1 Å². The number of methoxy groups -OCH3 is 1. The Bertz CT molecular complexity index is 464. The Labute approximate surface area is 118 Å². The summed E-state index contributed by atoms with van der Waals surface area (Å²) in [4.78, 5) is 11.5. The van der Waals surface area contributed by atoms with Crippen molar-refractivity contribution >= 4 is 17.3 Å². The van der Waals surface area contributed by atoms with E-state index in [1.165, 1.54) is 19.2 Å². The molecule has 0 radical (unpaired) electrons. The van der Waals surface area contributed by atoms with Crippen molar-refractivity contribution in [1.82, 2.24) is 5.32 Å². The van der Waals surface area contributed by atoms with Crippen molar-refractivity contribution in [2.75, 3.05) is 31.2 Å². The van der Waals surface area contributed by atoms with Crippen molar-refractivity contribution in [3.8, 4) is 5.75 Å². The predicted molar refractivity (Wildman–Crippen MR) is 78.3 cm³/mol. The van der Waals surface area contributed by atoms with Gasteiger partial charge in [-0.15, -0.1) is 0 Å². The van der Waals surface area contributed by atoms with Crippen LogP contribution in [0.2, 0.25) is 0 Å².